The molecule has 16 heavy (non-hydrogen) atoms. The molecule has 1 aromatic carbocycles. The molecule has 0 radical (unpaired) electrons. The van der Waals surface area contributed by atoms with E-state index in [9.17, 15) is 4.39 Å². The third-order valence-electron chi connectivity index (χ3n) is 3.82. The van der Waals surface area contributed by atoms with Gasteiger partial charge in [0.1, 0.15) is 5.82 Å². The van der Waals surface area contributed by atoms with Crippen molar-refractivity contribution in [3.63, 3.8) is 0 Å². The summed E-state index contributed by atoms with van der Waals surface area (Å²) in [7, 11) is 0. The summed E-state index contributed by atoms with van der Waals surface area (Å²) in [5.41, 5.74) is 2.17. The normalized spacial score (nSPS) is 29.6. The van der Waals surface area contributed by atoms with Crippen molar-refractivity contribution in [2.75, 3.05) is 6.54 Å². The molecule has 0 spiro atoms. The molecule has 2 heteroatoms. The van der Waals surface area contributed by atoms with Crippen LogP contribution in [0.5, 0.6) is 0 Å². The van der Waals surface area contributed by atoms with E-state index in [1.807, 2.05) is 6.07 Å². The molecule has 1 aliphatic heterocycles. The van der Waals surface area contributed by atoms with Crippen LogP contribution >= 0.6 is 0 Å². The van der Waals surface area contributed by atoms with E-state index < -0.39 is 0 Å². The van der Waals surface area contributed by atoms with Crippen LogP contribution in [0.25, 0.3) is 0 Å². The van der Waals surface area contributed by atoms with E-state index in [0.29, 0.717) is 12.0 Å². The monoisotopic (exact) mass is 219 g/mol. The van der Waals surface area contributed by atoms with Gasteiger partial charge in [-0.3, -0.25) is 0 Å². The van der Waals surface area contributed by atoms with Gasteiger partial charge in [0.2, 0.25) is 0 Å². The van der Waals surface area contributed by atoms with Crippen LogP contribution in [-0.4, -0.2) is 6.54 Å². The fourth-order valence-corrected chi connectivity index (χ4v) is 2.79. The van der Waals surface area contributed by atoms with Crippen molar-refractivity contribution in [3.8, 4) is 0 Å². The van der Waals surface area contributed by atoms with Gasteiger partial charge in [-0.1, -0.05) is 19.1 Å². The summed E-state index contributed by atoms with van der Waals surface area (Å²) in [5.74, 6) is 1.25. The Labute approximate surface area is 96.1 Å². The smallest absolute Gasteiger partial charge is 0.126 e. The number of benzene rings is 1. The van der Waals surface area contributed by atoms with Gasteiger partial charge < -0.3 is 5.32 Å². The summed E-state index contributed by atoms with van der Waals surface area (Å²) < 4.78 is 13.9. The number of rotatable bonds is 1. The first-order valence-electron chi connectivity index (χ1n) is 6.26. The van der Waals surface area contributed by atoms with E-state index in [1.165, 1.54) is 18.4 Å². The lowest BCUT2D eigenvalue weighted by atomic mass is 9.94. The second-order valence-corrected chi connectivity index (χ2v) is 5.34. The molecule has 1 nitrogen and oxygen atoms in total. The largest absolute Gasteiger partial charge is 0.309 e. The summed E-state index contributed by atoms with van der Waals surface area (Å²) in [6.07, 6.45) is 3.46. The molecule has 1 N–H and O–H groups in total. The molecule has 1 aliphatic carbocycles. The molecule has 2 atom stereocenters. The summed E-state index contributed by atoms with van der Waals surface area (Å²) in [5, 5.41) is 3.61. The van der Waals surface area contributed by atoms with Gasteiger partial charge in [-0.05, 0) is 54.8 Å². The molecule has 1 saturated carbocycles. The van der Waals surface area contributed by atoms with Gasteiger partial charge in [0.15, 0.2) is 0 Å². The molecule has 2 aliphatic rings. The Balaban J connectivity index is 2.04. The van der Waals surface area contributed by atoms with Gasteiger partial charge in [0, 0.05) is 6.04 Å². The zero-order valence-corrected chi connectivity index (χ0v) is 9.67. The van der Waals surface area contributed by atoms with E-state index in [2.05, 4.69) is 18.3 Å². The molecule has 0 saturated heterocycles. The molecular weight excluding hydrogens is 201 g/mol. The van der Waals surface area contributed by atoms with Gasteiger partial charge in [0.25, 0.3) is 0 Å². The minimum atomic E-state index is -0.0151. The number of nitrogens with one attached hydrogen (secondary N) is 1. The zero-order chi connectivity index (χ0) is 11.1. The third-order valence-corrected chi connectivity index (χ3v) is 3.82. The van der Waals surface area contributed by atoms with Crippen molar-refractivity contribution in [2.24, 2.45) is 11.8 Å². The molecule has 3 rings (SSSR count). The van der Waals surface area contributed by atoms with E-state index >= 15 is 0 Å². The van der Waals surface area contributed by atoms with Crippen molar-refractivity contribution < 1.29 is 4.39 Å². The number of hydrogen-bond donors (Lipinski definition) is 1. The quantitative estimate of drug-likeness (QED) is 0.765. The lowest BCUT2D eigenvalue weighted by Crippen LogP contribution is -2.25. The van der Waals surface area contributed by atoms with Crippen molar-refractivity contribution in [2.45, 2.75) is 32.2 Å². The molecule has 0 aromatic heterocycles. The van der Waals surface area contributed by atoms with Crippen molar-refractivity contribution >= 4 is 0 Å². The number of halogens is 1. The van der Waals surface area contributed by atoms with Crippen LogP contribution in [0.2, 0.25) is 0 Å². The summed E-state index contributed by atoms with van der Waals surface area (Å²) in [4.78, 5) is 0. The fraction of sp³-hybridized carbons (Fsp3) is 0.571. The Morgan fingerprint density at radius 1 is 1.31 bits per heavy atom. The van der Waals surface area contributed by atoms with Gasteiger partial charge in [-0.2, -0.15) is 0 Å². The SMILES string of the molecule is CC1CNC(C2CC2)c2cccc(F)c2C1. The van der Waals surface area contributed by atoms with Gasteiger partial charge in [-0.15, -0.1) is 0 Å². The second kappa shape index (κ2) is 3.85. The average Bonchev–Trinajstić information content (AvgIpc) is 3.05. The Morgan fingerprint density at radius 3 is 2.88 bits per heavy atom. The van der Waals surface area contributed by atoms with E-state index in [-0.39, 0.29) is 5.82 Å². The number of hydrogen-bond acceptors (Lipinski definition) is 1. The first-order valence-corrected chi connectivity index (χ1v) is 6.26. The maximum absolute atomic E-state index is 13.9. The summed E-state index contributed by atoms with van der Waals surface area (Å²) in [6.45, 7) is 3.20. The highest BCUT2D eigenvalue weighted by atomic mass is 19.1. The van der Waals surface area contributed by atoms with Crippen molar-refractivity contribution in [1.82, 2.24) is 5.32 Å². The summed E-state index contributed by atoms with van der Waals surface area (Å²) in [6, 6.07) is 5.95. The molecule has 2 unspecified atom stereocenters. The second-order valence-electron chi connectivity index (χ2n) is 5.34. The molecule has 1 fully saturated rings. The van der Waals surface area contributed by atoms with Crippen LogP contribution in [0.15, 0.2) is 18.2 Å². The minimum Gasteiger partial charge on any atom is -0.309 e. The topological polar surface area (TPSA) is 12.0 Å². The predicted octanol–water partition coefficient (Wildman–Crippen LogP) is 3.06. The lowest BCUT2D eigenvalue weighted by Gasteiger charge is -2.18. The van der Waals surface area contributed by atoms with Gasteiger partial charge >= 0.3 is 0 Å². The highest BCUT2D eigenvalue weighted by Crippen LogP contribution is 2.43. The Hall–Kier alpha value is -0.890. The van der Waals surface area contributed by atoms with Crippen LogP contribution in [0, 0.1) is 17.7 Å². The Kier molecular flexibility index (Phi) is 2.47. The van der Waals surface area contributed by atoms with Crippen LogP contribution in [0.4, 0.5) is 4.39 Å². The Bertz CT molecular complexity index is 398. The Morgan fingerprint density at radius 2 is 2.12 bits per heavy atom. The van der Waals surface area contributed by atoms with Crippen LogP contribution in [0.1, 0.15) is 36.9 Å². The predicted molar refractivity (Wildman–Crippen MR) is 62.7 cm³/mol. The highest BCUT2D eigenvalue weighted by Gasteiger charge is 2.35. The van der Waals surface area contributed by atoms with Crippen LogP contribution in [-0.2, 0) is 6.42 Å². The molecule has 1 heterocycles. The van der Waals surface area contributed by atoms with E-state index in [4.69, 9.17) is 0 Å². The van der Waals surface area contributed by atoms with Crippen LogP contribution in [0.3, 0.4) is 0 Å². The van der Waals surface area contributed by atoms with Gasteiger partial charge in [-0.25, -0.2) is 4.39 Å². The van der Waals surface area contributed by atoms with Crippen molar-refractivity contribution in [1.29, 1.82) is 0 Å². The van der Waals surface area contributed by atoms with Crippen LogP contribution < -0.4 is 5.32 Å². The molecule has 0 amide bonds. The fourth-order valence-electron chi connectivity index (χ4n) is 2.79. The maximum atomic E-state index is 13.9. The number of fused-ring (bicyclic) bond motifs is 1. The molecular formula is C14H18FN. The average molecular weight is 219 g/mol. The molecule has 86 valence electrons. The van der Waals surface area contributed by atoms with E-state index in [0.717, 1.165) is 24.4 Å². The first kappa shape index (κ1) is 10.3. The van der Waals surface area contributed by atoms with Crippen molar-refractivity contribution in [3.05, 3.63) is 35.1 Å². The highest BCUT2D eigenvalue weighted by molar-refractivity contribution is 5.34. The zero-order valence-electron chi connectivity index (χ0n) is 9.67. The minimum absolute atomic E-state index is 0.0151. The maximum Gasteiger partial charge on any atom is 0.126 e. The molecule has 1 aromatic rings. The lowest BCUT2D eigenvalue weighted by molar-refractivity contribution is 0.445. The first-order chi connectivity index (χ1) is 7.75. The van der Waals surface area contributed by atoms with E-state index in [1.54, 1.807) is 6.07 Å². The summed E-state index contributed by atoms with van der Waals surface area (Å²) >= 11 is 0. The van der Waals surface area contributed by atoms with Gasteiger partial charge in [0.05, 0.1) is 0 Å². The molecule has 0 bridgehead atoms. The third kappa shape index (κ3) is 1.75. The standard InChI is InChI=1S/C14H18FN/c1-9-7-12-11(3-2-4-13(12)15)14(16-8-9)10-5-6-10/h2-4,9-10,14,16H,5-8H2,1H3.